The molecule has 6 nitrogen and oxygen atoms in total. The number of carbonyl (C=O) groups is 2. The van der Waals surface area contributed by atoms with Crippen molar-refractivity contribution in [3.8, 4) is 0 Å². The Bertz CT molecular complexity index is 622. The van der Waals surface area contributed by atoms with Crippen LogP contribution in [0, 0.1) is 0 Å². The quantitative estimate of drug-likeness (QED) is 0.862. The number of hydrogen-bond acceptors (Lipinski definition) is 4. The lowest BCUT2D eigenvalue weighted by atomic mass is 10.0. The van der Waals surface area contributed by atoms with Crippen LogP contribution in [-0.4, -0.2) is 83.5 Å². The van der Waals surface area contributed by atoms with E-state index in [1.165, 1.54) is 10.5 Å². The molecule has 2 saturated heterocycles. The number of likely N-dealkylation sites (N-methyl/N-ethyl adjacent to an activating group) is 1. The lowest BCUT2D eigenvalue weighted by molar-refractivity contribution is -0.146. The van der Waals surface area contributed by atoms with Gasteiger partial charge in [0.2, 0.25) is 5.91 Å². The van der Waals surface area contributed by atoms with E-state index >= 15 is 0 Å². The minimum absolute atomic E-state index is 0.0152. The van der Waals surface area contributed by atoms with Gasteiger partial charge < -0.3 is 14.9 Å². The first kappa shape index (κ1) is 18.9. The minimum Gasteiger partial charge on any atom is -0.383 e. The third kappa shape index (κ3) is 4.62. The summed E-state index contributed by atoms with van der Waals surface area (Å²) in [5, 5.41) is 9.87. The van der Waals surface area contributed by atoms with Gasteiger partial charge in [-0.1, -0.05) is 30.3 Å². The van der Waals surface area contributed by atoms with Crippen molar-refractivity contribution < 1.29 is 14.7 Å². The Kier molecular flexibility index (Phi) is 6.27. The van der Waals surface area contributed by atoms with Gasteiger partial charge in [-0.2, -0.15) is 0 Å². The van der Waals surface area contributed by atoms with Crippen LogP contribution in [0.25, 0.3) is 0 Å². The van der Waals surface area contributed by atoms with Crippen molar-refractivity contribution in [2.45, 2.75) is 37.8 Å². The highest BCUT2D eigenvalue weighted by atomic mass is 16.3. The Balaban J connectivity index is 1.59. The number of nitrogens with zero attached hydrogens (tertiary/aromatic N) is 3. The van der Waals surface area contributed by atoms with Gasteiger partial charge in [0.15, 0.2) is 0 Å². The highest BCUT2D eigenvalue weighted by Gasteiger charge is 2.31. The molecule has 0 spiro atoms. The molecule has 6 heteroatoms. The number of aliphatic hydroxyl groups is 1. The molecule has 142 valence electrons. The zero-order valence-corrected chi connectivity index (χ0v) is 15.5. The maximum absolute atomic E-state index is 12.8. The molecule has 0 bridgehead atoms. The van der Waals surface area contributed by atoms with Crippen LogP contribution in [0.15, 0.2) is 30.3 Å². The third-order valence-electron chi connectivity index (χ3n) is 5.52. The maximum atomic E-state index is 12.8. The third-order valence-corrected chi connectivity index (χ3v) is 5.52. The van der Waals surface area contributed by atoms with Crippen molar-refractivity contribution in [2.75, 3.05) is 39.8 Å². The lowest BCUT2D eigenvalue weighted by Crippen LogP contribution is -2.56. The Morgan fingerprint density at radius 1 is 1.15 bits per heavy atom. The fourth-order valence-electron chi connectivity index (χ4n) is 3.78. The van der Waals surface area contributed by atoms with Gasteiger partial charge in [-0.25, -0.2) is 0 Å². The van der Waals surface area contributed by atoms with Gasteiger partial charge in [0.1, 0.15) is 6.10 Å². The van der Waals surface area contributed by atoms with Gasteiger partial charge >= 0.3 is 0 Å². The summed E-state index contributed by atoms with van der Waals surface area (Å²) in [5.41, 5.74) is 1.27. The molecule has 2 unspecified atom stereocenters. The number of hydrogen-bond donors (Lipinski definition) is 1. The predicted octanol–water partition coefficient (Wildman–Crippen LogP) is 0.745. The molecule has 26 heavy (non-hydrogen) atoms. The first-order valence-electron chi connectivity index (χ1n) is 9.53. The van der Waals surface area contributed by atoms with E-state index in [-0.39, 0.29) is 24.4 Å². The highest BCUT2D eigenvalue weighted by molar-refractivity contribution is 5.87. The molecule has 2 amide bonds. The molecule has 1 N–H and O–H groups in total. The summed E-state index contributed by atoms with van der Waals surface area (Å²) in [7, 11) is 2.10. The van der Waals surface area contributed by atoms with E-state index < -0.39 is 6.10 Å². The van der Waals surface area contributed by atoms with E-state index in [1.54, 1.807) is 0 Å². The van der Waals surface area contributed by atoms with Crippen LogP contribution in [-0.2, 0) is 16.0 Å². The van der Waals surface area contributed by atoms with Gasteiger partial charge in [0.05, 0.1) is 6.54 Å². The SMILES string of the molecule is CN1CCN(C(=O)CN2CCCCC(O)C2=O)CC1Cc1ccccc1. The Hall–Kier alpha value is -1.92. The molecule has 3 rings (SSSR count). The van der Waals surface area contributed by atoms with Crippen LogP contribution in [0.3, 0.4) is 0 Å². The minimum atomic E-state index is -0.955. The number of piperazine rings is 1. The number of carbonyl (C=O) groups excluding carboxylic acids is 2. The second-order valence-corrected chi connectivity index (χ2v) is 7.44. The van der Waals surface area contributed by atoms with Gasteiger partial charge in [0, 0.05) is 32.2 Å². The molecule has 2 aliphatic rings. The molecule has 0 radical (unpaired) electrons. The van der Waals surface area contributed by atoms with Crippen LogP contribution in [0.1, 0.15) is 24.8 Å². The van der Waals surface area contributed by atoms with Crippen molar-refractivity contribution in [1.82, 2.24) is 14.7 Å². The average Bonchev–Trinajstić information content (AvgIpc) is 2.80. The Morgan fingerprint density at radius 3 is 2.69 bits per heavy atom. The summed E-state index contributed by atoms with van der Waals surface area (Å²) in [6.07, 6.45) is 2.11. The number of likely N-dealkylation sites (tertiary alicyclic amines) is 1. The second kappa shape index (κ2) is 8.64. The first-order chi connectivity index (χ1) is 12.5. The van der Waals surface area contributed by atoms with Crippen molar-refractivity contribution in [1.29, 1.82) is 0 Å². The molecule has 1 aromatic carbocycles. The summed E-state index contributed by atoms with van der Waals surface area (Å²) in [4.78, 5) is 30.7. The second-order valence-electron chi connectivity index (χ2n) is 7.44. The largest absolute Gasteiger partial charge is 0.383 e. The standard InChI is InChI=1S/C20H29N3O3/c1-21-11-12-22(14-17(21)13-16-7-3-2-4-8-16)19(25)15-23-10-6-5-9-18(24)20(23)26/h2-4,7-8,17-18,24H,5-6,9-15H2,1H3. The molecule has 2 aliphatic heterocycles. The highest BCUT2D eigenvalue weighted by Crippen LogP contribution is 2.16. The van der Waals surface area contributed by atoms with Gasteiger partial charge in [-0.15, -0.1) is 0 Å². The van der Waals surface area contributed by atoms with Gasteiger partial charge in [-0.05, 0) is 38.3 Å². The van der Waals surface area contributed by atoms with Crippen LogP contribution < -0.4 is 0 Å². The molecule has 0 aliphatic carbocycles. The topological polar surface area (TPSA) is 64.1 Å². The van der Waals surface area contributed by atoms with Crippen molar-refractivity contribution in [3.63, 3.8) is 0 Å². The summed E-state index contributed by atoms with van der Waals surface area (Å²) >= 11 is 0. The first-order valence-corrected chi connectivity index (χ1v) is 9.53. The molecular formula is C20H29N3O3. The molecule has 1 aromatic rings. The van der Waals surface area contributed by atoms with Gasteiger partial charge in [0.25, 0.3) is 5.91 Å². The normalized spacial score (nSPS) is 25.2. The summed E-state index contributed by atoms with van der Waals surface area (Å²) in [5.74, 6) is -0.315. The van der Waals surface area contributed by atoms with Crippen molar-refractivity contribution >= 4 is 11.8 Å². The summed E-state index contributed by atoms with van der Waals surface area (Å²) in [6, 6.07) is 10.6. The smallest absolute Gasteiger partial charge is 0.251 e. The summed E-state index contributed by atoms with van der Waals surface area (Å²) in [6.45, 7) is 2.83. The Morgan fingerprint density at radius 2 is 1.92 bits per heavy atom. The fraction of sp³-hybridized carbons (Fsp3) is 0.600. The zero-order valence-electron chi connectivity index (χ0n) is 15.5. The van der Waals surface area contributed by atoms with Crippen LogP contribution in [0.2, 0.25) is 0 Å². The zero-order chi connectivity index (χ0) is 18.5. The Labute approximate surface area is 155 Å². The van der Waals surface area contributed by atoms with Crippen molar-refractivity contribution in [2.24, 2.45) is 0 Å². The van der Waals surface area contributed by atoms with E-state index in [0.717, 1.165) is 25.8 Å². The lowest BCUT2D eigenvalue weighted by Gasteiger charge is -2.40. The average molecular weight is 359 g/mol. The fourth-order valence-corrected chi connectivity index (χ4v) is 3.78. The maximum Gasteiger partial charge on any atom is 0.251 e. The monoisotopic (exact) mass is 359 g/mol. The molecule has 2 fully saturated rings. The van der Waals surface area contributed by atoms with Crippen LogP contribution in [0.5, 0.6) is 0 Å². The molecule has 0 aromatic heterocycles. The van der Waals surface area contributed by atoms with Gasteiger partial charge in [-0.3, -0.25) is 14.5 Å². The molecule has 2 heterocycles. The van der Waals surface area contributed by atoms with Crippen LogP contribution in [0.4, 0.5) is 0 Å². The van der Waals surface area contributed by atoms with E-state index in [0.29, 0.717) is 26.1 Å². The molecule has 0 saturated carbocycles. The predicted molar refractivity (Wildman–Crippen MR) is 99.6 cm³/mol. The van der Waals surface area contributed by atoms with E-state index in [4.69, 9.17) is 0 Å². The van der Waals surface area contributed by atoms with E-state index in [2.05, 4.69) is 24.1 Å². The van der Waals surface area contributed by atoms with Crippen molar-refractivity contribution in [3.05, 3.63) is 35.9 Å². The molecule has 2 atom stereocenters. The number of rotatable bonds is 4. The van der Waals surface area contributed by atoms with E-state index in [9.17, 15) is 14.7 Å². The number of aliphatic hydroxyl groups excluding tert-OH is 1. The van der Waals surface area contributed by atoms with Crippen LogP contribution >= 0.6 is 0 Å². The summed E-state index contributed by atoms with van der Waals surface area (Å²) < 4.78 is 0. The molecular weight excluding hydrogens is 330 g/mol. The number of benzene rings is 1. The number of amides is 2. The van der Waals surface area contributed by atoms with E-state index in [1.807, 2.05) is 23.1 Å².